The lowest BCUT2D eigenvalue weighted by molar-refractivity contribution is -0.173. The van der Waals surface area contributed by atoms with Gasteiger partial charge in [0.15, 0.2) is 1.41 Å². The molecule has 2 atom stereocenters. The summed E-state index contributed by atoms with van der Waals surface area (Å²) >= 11 is 0. The Labute approximate surface area is 200 Å². The molecule has 1 aromatic rings. The van der Waals surface area contributed by atoms with Crippen LogP contribution >= 0.6 is 0 Å². The fourth-order valence-corrected chi connectivity index (χ4v) is 2.75. The molecule has 1 heterocycles. The topological polar surface area (TPSA) is 164 Å². The maximum Gasteiger partial charge on any atom is 0.471 e. The monoisotopic (exact) mass is 505 g/mol. The normalized spacial score (nSPS) is 13.1. The molecule has 3 amide bonds. The zero-order valence-corrected chi connectivity index (χ0v) is 18.8. The van der Waals surface area contributed by atoms with Crippen LogP contribution in [-0.2, 0) is 23.9 Å². The first kappa shape index (κ1) is 27.5. The predicted molar refractivity (Wildman–Crippen MR) is 114 cm³/mol. The van der Waals surface area contributed by atoms with Gasteiger partial charge in [-0.25, -0.2) is 4.79 Å². The number of carbonyl (C=O) groups is 5. The number of aliphatic carboxylic acids is 1. The Morgan fingerprint density at radius 1 is 1.17 bits per heavy atom. The summed E-state index contributed by atoms with van der Waals surface area (Å²) in [5.74, 6) is -6.14. The van der Waals surface area contributed by atoms with Gasteiger partial charge in [0.05, 0.1) is 12.2 Å². The van der Waals surface area contributed by atoms with Crippen LogP contribution in [0.25, 0.3) is 0 Å². The average Bonchev–Trinajstić information content (AvgIpc) is 2.82. The van der Waals surface area contributed by atoms with Crippen molar-refractivity contribution in [2.24, 2.45) is 0 Å². The number of amides is 3. The van der Waals surface area contributed by atoms with Crippen molar-refractivity contribution in [1.82, 2.24) is 20.9 Å². The van der Waals surface area contributed by atoms with Crippen molar-refractivity contribution < 1.29 is 48.4 Å². The molecule has 0 aliphatic rings. The van der Waals surface area contributed by atoms with Gasteiger partial charge >= 0.3 is 24.0 Å². The standard InChI is InChI=1S/C21H27F3N4O7/c1-2-35-19(33)15(8-9-16(29)30)28-18(32)14(27-17(31)13-6-5-10-25-12-13)7-3-4-11-26-20(34)21(22,23)24/h5-6,10,12,14-15H,2-4,7-9,11H2,1H3,(H,26,34)(H,27,31)(H,28,32)(H,29,30)/t14-,15-/m0/s1/i/hD. The number of aromatic nitrogens is 1. The second-order valence-electron chi connectivity index (χ2n) is 7.19. The summed E-state index contributed by atoms with van der Waals surface area (Å²) in [6, 6.07) is -0.0867. The van der Waals surface area contributed by atoms with E-state index in [9.17, 15) is 37.1 Å². The first-order valence-corrected chi connectivity index (χ1v) is 10.6. The summed E-state index contributed by atoms with van der Waals surface area (Å²) in [5.41, 5.74) is -0.0180. The van der Waals surface area contributed by atoms with Crippen LogP contribution in [0, 0.1) is 0 Å². The molecule has 0 aliphatic heterocycles. The highest BCUT2D eigenvalue weighted by Crippen LogP contribution is 2.14. The summed E-state index contributed by atoms with van der Waals surface area (Å²) in [7, 11) is 0. The van der Waals surface area contributed by atoms with Crippen molar-refractivity contribution in [2.75, 3.05) is 13.2 Å². The molecule has 194 valence electrons. The lowest BCUT2D eigenvalue weighted by Crippen LogP contribution is -2.52. The van der Waals surface area contributed by atoms with Crippen LogP contribution in [0.2, 0.25) is 1.41 Å². The first-order valence-electron chi connectivity index (χ1n) is 11.1. The molecule has 35 heavy (non-hydrogen) atoms. The predicted octanol–water partition coefficient (Wildman–Crippen LogP) is 0.941. The van der Waals surface area contributed by atoms with Gasteiger partial charge in [-0.2, -0.15) is 13.2 Å². The number of rotatable bonds is 14. The first-order chi connectivity index (χ1) is 16.9. The van der Waals surface area contributed by atoms with E-state index in [-0.39, 0.29) is 44.4 Å². The number of carboxylic acid groups (broad SMARTS) is 1. The molecular formula is C21H27F3N4O7. The van der Waals surface area contributed by atoms with E-state index in [1.165, 1.54) is 31.5 Å². The number of unbranched alkanes of at least 4 members (excludes halogenated alkanes) is 1. The highest BCUT2D eigenvalue weighted by molar-refractivity contribution is 5.98. The smallest absolute Gasteiger partial charge is 0.471 e. The van der Waals surface area contributed by atoms with Gasteiger partial charge in [0.2, 0.25) is 5.91 Å². The lowest BCUT2D eigenvalue weighted by Gasteiger charge is -2.22. The van der Waals surface area contributed by atoms with Crippen LogP contribution < -0.4 is 15.9 Å². The van der Waals surface area contributed by atoms with Crippen molar-refractivity contribution in [3.63, 3.8) is 0 Å². The third-order valence-corrected chi connectivity index (χ3v) is 4.47. The fraction of sp³-hybridized carbons (Fsp3) is 0.524. The van der Waals surface area contributed by atoms with Crippen molar-refractivity contribution in [3.05, 3.63) is 30.1 Å². The number of nitrogens with zero attached hydrogens (tertiary/aromatic N) is 1. The maximum atomic E-state index is 13.0. The van der Waals surface area contributed by atoms with Crippen molar-refractivity contribution in [2.45, 2.75) is 57.3 Å². The Bertz CT molecular complexity index is 919. The molecule has 11 nitrogen and oxygen atoms in total. The minimum atomic E-state index is -5.05. The Hall–Kier alpha value is -3.71. The van der Waals surface area contributed by atoms with Gasteiger partial charge < -0.3 is 25.8 Å². The number of hydrogen-bond acceptors (Lipinski definition) is 7. The molecule has 0 aromatic carbocycles. The van der Waals surface area contributed by atoms with Gasteiger partial charge in [0.1, 0.15) is 12.1 Å². The molecule has 1 rings (SSSR count). The van der Waals surface area contributed by atoms with Gasteiger partial charge in [-0.05, 0) is 44.7 Å². The van der Waals surface area contributed by atoms with E-state index in [2.05, 4.69) is 10.3 Å². The highest BCUT2D eigenvalue weighted by atomic mass is 19.4. The molecule has 1 aromatic heterocycles. The average molecular weight is 505 g/mol. The maximum absolute atomic E-state index is 13.0. The molecule has 0 unspecified atom stereocenters. The summed E-state index contributed by atoms with van der Waals surface area (Å²) in [6.45, 7) is 1.09. The molecule has 0 radical (unpaired) electrons. The molecule has 0 spiro atoms. The molecule has 0 saturated heterocycles. The summed E-state index contributed by atoms with van der Waals surface area (Å²) in [4.78, 5) is 63.4. The number of ether oxygens (including phenoxy) is 1. The molecule has 0 bridgehead atoms. The molecule has 0 saturated carbocycles. The highest BCUT2D eigenvalue weighted by Gasteiger charge is 2.38. The molecule has 4 N–H and O–H groups in total. The third kappa shape index (κ3) is 11.3. The van der Waals surface area contributed by atoms with E-state index in [1.54, 1.807) is 5.32 Å². The molecular weight excluding hydrogens is 477 g/mol. The van der Waals surface area contributed by atoms with E-state index in [0.717, 1.165) is 0 Å². The molecule has 14 heteroatoms. The molecule has 0 fully saturated rings. The number of nitrogens with one attached hydrogen (secondary N) is 3. The Morgan fingerprint density at radius 2 is 1.89 bits per heavy atom. The number of halogens is 3. The van der Waals surface area contributed by atoms with Crippen LogP contribution in [0.5, 0.6) is 0 Å². The zero-order chi connectivity index (χ0) is 27.3. The van der Waals surface area contributed by atoms with E-state index in [1.807, 2.05) is 0 Å². The second kappa shape index (κ2) is 14.5. The number of carbonyl (C=O) groups excluding carboxylic acids is 4. The van der Waals surface area contributed by atoms with Crippen LogP contribution in [0.1, 0.15) is 49.4 Å². The number of hydrogen-bond donors (Lipinski definition) is 4. The second-order valence-corrected chi connectivity index (χ2v) is 7.19. The summed E-state index contributed by atoms with van der Waals surface area (Å²) in [5, 5.41) is 13.2. The minimum Gasteiger partial charge on any atom is -0.481 e. The quantitative estimate of drug-likeness (QED) is 0.214. The van der Waals surface area contributed by atoms with E-state index < -0.39 is 54.3 Å². The van der Waals surface area contributed by atoms with E-state index >= 15 is 0 Å². The van der Waals surface area contributed by atoms with E-state index in [0.29, 0.717) is 5.31 Å². The molecule has 0 aliphatic carbocycles. The van der Waals surface area contributed by atoms with Crippen molar-refractivity contribution in [3.8, 4) is 0 Å². The van der Waals surface area contributed by atoms with Gasteiger partial charge in [-0.15, -0.1) is 0 Å². The van der Waals surface area contributed by atoms with Crippen LogP contribution in [0.3, 0.4) is 0 Å². The zero-order valence-electron chi connectivity index (χ0n) is 19.8. The van der Waals surface area contributed by atoms with E-state index in [4.69, 9.17) is 11.3 Å². The number of esters is 1. The summed E-state index contributed by atoms with van der Waals surface area (Å²) in [6.07, 6.45) is -3.49. The third-order valence-electron chi connectivity index (χ3n) is 4.47. The SMILES string of the molecule is [2H]N(C(=O)c1cccnc1)[C@@H](CCCCNC(=O)C(F)(F)F)C(=O)N[C@@H](CCC(=O)O)C(=O)OCC. The van der Waals surface area contributed by atoms with Crippen LogP contribution in [0.15, 0.2) is 24.5 Å². The number of alkyl halides is 3. The van der Waals surface area contributed by atoms with Crippen LogP contribution in [0.4, 0.5) is 13.2 Å². The lowest BCUT2D eigenvalue weighted by atomic mass is 10.1. The largest absolute Gasteiger partial charge is 0.481 e. The number of carboxylic acids is 1. The minimum absolute atomic E-state index is 0.0131. The Morgan fingerprint density at radius 3 is 2.46 bits per heavy atom. The Kier molecular flexibility index (Phi) is 11.4. The number of pyridine rings is 1. The van der Waals surface area contributed by atoms with Crippen LogP contribution in [-0.4, -0.2) is 71.2 Å². The van der Waals surface area contributed by atoms with Gasteiger partial charge in [0, 0.05) is 25.4 Å². The van der Waals surface area contributed by atoms with Gasteiger partial charge in [0.25, 0.3) is 5.91 Å². The van der Waals surface area contributed by atoms with Crippen molar-refractivity contribution >= 4 is 29.7 Å². The van der Waals surface area contributed by atoms with Gasteiger partial charge in [-0.1, -0.05) is 0 Å². The van der Waals surface area contributed by atoms with Gasteiger partial charge in [-0.3, -0.25) is 24.2 Å². The fourth-order valence-electron chi connectivity index (χ4n) is 2.75. The Balaban J connectivity index is 2.97. The summed E-state index contributed by atoms with van der Waals surface area (Å²) < 4.78 is 49.9. The van der Waals surface area contributed by atoms with Crippen molar-refractivity contribution in [1.29, 1.82) is 0 Å².